The highest BCUT2D eigenvalue weighted by Crippen LogP contribution is 2.22. The lowest BCUT2D eigenvalue weighted by Crippen LogP contribution is -2.27. The summed E-state index contributed by atoms with van der Waals surface area (Å²) in [6.45, 7) is 0.557. The Morgan fingerprint density at radius 3 is 2.81 bits per heavy atom. The second-order valence-corrected chi connectivity index (χ2v) is 6.70. The molecule has 6 nitrogen and oxygen atoms in total. The molecule has 0 spiro atoms. The number of thioether (sulfide) groups is 1. The molecule has 1 amide bonds. The van der Waals surface area contributed by atoms with Gasteiger partial charge in [-0.25, -0.2) is 4.39 Å². The maximum Gasteiger partial charge on any atom is 0.230 e. The molecule has 0 aliphatic rings. The Morgan fingerprint density at radius 1 is 1.23 bits per heavy atom. The molecule has 1 heterocycles. The van der Waals surface area contributed by atoms with Gasteiger partial charge in [0.15, 0.2) is 0 Å². The molecular formula is C17H15ClFN5OS. The van der Waals surface area contributed by atoms with E-state index in [-0.39, 0.29) is 16.7 Å². The third-order valence-electron chi connectivity index (χ3n) is 3.50. The van der Waals surface area contributed by atoms with Crippen molar-refractivity contribution in [2.75, 3.05) is 12.3 Å². The van der Waals surface area contributed by atoms with Gasteiger partial charge in [-0.05, 0) is 40.6 Å². The van der Waals surface area contributed by atoms with Crippen LogP contribution in [0.4, 0.5) is 4.39 Å². The van der Waals surface area contributed by atoms with Crippen molar-refractivity contribution in [3.05, 3.63) is 64.9 Å². The minimum absolute atomic E-state index is 0.0207. The first kappa shape index (κ1) is 18.3. The highest BCUT2D eigenvalue weighted by atomic mass is 35.5. The number of tetrazole rings is 1. The van der Waals surface area contributed by atoms with Gasteiger partial charge in [0.05, 0.1) is 16.5 Å². The summed E-state index contributed by atoms with van der Waals surface area (Å²) in [6.07, 6.45) is 0.767. The van der Waals surface area contributed by atoms with Gasteiger partial charge in [-0.1, -0.05) is 53.7 Å². The zero-order valence-electron chi connectivity index (χ0n) is 13.6. The van der Waals surface area contributed by atoms with E-state index in [1.807, 2.05) is 30.3 Å². The summed E-state index contributed by atoms with van der Waals surface area (Å²) in [4.78, 5) is 12.0. The number of nitrogens with zero attached hydrogens (tertiary/aromatic N) is 4. The molecule has 0 unspecified atom stereocenters. The van der Waals surface area contributed by atoms with Crippen LogP contribution < -0.4 is 5.32 Å². The predicted octanol–water partition coefficient (Wildman–Crippen LogP) is 2.91. The van der Waals surface area contributed by atoms with Gasteiger partial charge < -0.3 is 5.32 Å². The molecule has 0 saturated heterocycles. The monoisotopic (exact) mass is 391 g/mol. The number of amides is 1. The Bertz CT molecular complexity index is 890. The van der Waals surface area contributed by atoms with Crippen molar-refractivity contribution in [3.8, 4) is 5.69 Å². The molecule has 134 valence electrons. The quantitative estimate of drug-likeness (QED) is 0.627. The fraction of sp³-hybridized carbons (Fsp3) is 0.176. The molecule has 1 N–H and O–H groups in total. The molecule has 9 heteroatoms. The summed E-state index contributed by atoms with van der Waals surface area (Å²) in [5, 5.41) is 14.6. The Morgan fingerprint density at radius 2 is 2.04 bits per heavy atom. The highest BCUT2D eigenvalue weighted by Gasteiger charge is 2.12. The van der Waals surface area contributed by atoms with E-state index < -0.39 is 5.82 Å². The average Bonchev–Trinajstić information content (AvgIpc) is 3.12. The van der Waals surface area contributed by atoms with Crippen molar-refractivity contribution < 1.29 is 9.18 Å². The Labute approximate surface area is 158 Å². The standard InChI is InChI=1S/C17H15ClFN5OS/c18-14-10-13(6-7-15(14)19)24-17(21-22-23-24)26-11-16(25)20-9-8-12-4-2-1-3-5-12/h1-7,10H,8-9,11H2,(H,20,25). The minimum atomic E-state index is -0.518. The lowest BCUT2D eigenvalue weighted by molar-refractivity contribution is -0.118. The van der Waals surface area contributed by atoms with Crippen molar-refractivity contribution in [1.29, 1.82) is 0 Å². The maximum atomic E-state index is 13.3. The zero-order valence-corrected chi connectivity index (χ0v) is 15.2. The zero-order chi connectivity index (χ0) is 18.4. The summed E-state index contributed by atoms with van der Waals surface area (Å²) in [5.41, 5.74) is 1.69. The summed E-state index contributed by atoms with van der Waals surface area (Å²) in [6, 6.07) is 14.1. The maximum absolute atomic E-state index is 13.3. The normalized spacial score (nSPS) is 10.7. The van der Waals surface area contributed by atoms with Crippen LogP contribution in [-0.2, 0) is 11.2 Å². The number of aromatic nitrogens is 4. The van der Waals surface area contributed by atoms with E-state index in [9.17, 15) is 9.18 Å². The lowest BCUT2D eigenvalue weighted by Gasteiger charge is -2.06. The van der Waals surface area contributed by atoms with Crippen LogP contribution in [0.5, 0.6) is 0 Å². The van der Waals surface area contributed by atoms with Crippen LogP contribution in [0.1, 0.15) is 5.56 Å². The van der Waals surface area contributed by atoms with Crippen molar-refractivity contribution in [2.24, 2.45) is 0 Å². The second-order valence-electron chi connectivity index (χ2n) is 5.35. The molecule has 0 atom stereocenters. The van der Waals surface area contributed by atoms with E-state index in [2.05, 4.69) is 20.8 Å². The number of hydrogen-bond acceptors (Lipinski definition) is 5. The molecule has 1 aromatic heterocycles. The lowest BCUT2D eigenvalue weighted by atomic mass is 10.1. The number of hydrogen-bond donors (Lipinski definition) is 1. The SMILES string of the molecule is O=C(CSc1nnnn1-c1ccc(F)c(Cl)c1)NCCc1ccccc1. The van der Waals surface area contributed by atoms with Crippen molar-refractivity contribution >= 4 is 29.3 Å². The van der Waals surface area contributed by atoms with E-state index in [0.717, 1.165) is 12.0 Å². The summed E-state index contributed by atoms with van der Waals surface area (Å²) in [5.74, 6) is -0.461. The Hall–Kier alpha value is -2.45. The average molecular weight is 392 g/mol. The molecule has 26 heavy (non-hydrogen) atoms. The van der Waals surface area contributed by atoms with Crippen molar-refractivity contribution in [3.63, 3.8) is 0 Å². The third-order valence-corrected chi connectivity index (χ3v) is 4.71. The van der Waals surface area contributed by atoms with Gasteiger partial charge in [-0.2, -0.15) is 4.68 Å². The largest absolute Gasteiger partial charge is 0.355 e. The van der Waals surface area contributed by atoms with E-state index in [0.29, 0.717) is 17.4 Å². The summed E-state index contributed by atoms with van der Waals surface area (Å²) in [7, 11) is 0. The van der Waals surface area contributed by atoms with Gasteiger partial charge in [-0.3, -0.25) is 4.79 Å². The second kappa shape index (κ2) is 8.77. The van der Waals surface area contributed by atoms with Gasteiger partial charge in [0.2, 0.25) is 11.1 Å². The number of carbonyl (C=O) groups excluding carboxylic acids is 1. The van der Waals surface area contributed by atoms with Crippen LogP contribution >= 0.6 is 23.4 Å². The van der Waals surface area contributed by atoms with E-state index in [1.165, 1.54) is 34.6 Å². The van der Waals surface area contributed by atoms with Crippen LogP contribution in [0.3, 0.4) is 0 Å². The van der Waals surface area contributed by atoms with Gasteiger partial charge >= 0.3 is 0 Å². The molecular weight excluding hydrogens is 377 g/mol. The fourth-order valence-electron chi connectivity index (χ4n) is 2.22. The number of nitrogens with one attached hydrogen (secondary N) is 1. The first-order valence-electron chi connectivity index (χ1n) is 7.81. The molecule has 3 rings (SSSR count). The molecule has 0 bridgehead atoms. The van der Waals surface area contributed by atoms with Crippen LogP contribution in [0, 0.1) is 5.82 Å². The predicted molar refractivity (Wildman–Crippen MR) is 98.0 cm³/mol. The van der Waals surface area contributed by atoms with Crippen molar-refractivity contribution in [2.45, 2.75) is 11.6 Å². The molecule has 0 saturated carbocycles. The first-order chi connectivity index (χ1) is 12.6. The summed E-state index contributed by atoms with van der Waals surface area (Å²) >= 11 is 6.98. The van der Waals surface area contributed by atoms with Gasteiger partial charge in [0.1, 0.15) is 5.82 Å². The molecule has 3 aromatic rings. The summed E-state index contributed by atoms with van der Waals surface area (Å²) < 4.78 is 14.7. The van der Waals surface area contributed by atoms with Gasteiger partial charge in [0, 0.05) is 6.54 Å². The fourth-order valence-corrected chi connectivity index (χ4v) is 3.12. The van der Waals surface area contributed by atoms with E-state index in [1.54, 1.807) is 0 Å². The smallest absolute Gasteiger partial charge is 0.230 e. The number of halogens is 2. The minimum Gasteiger partial charge on any atom is -0.355 e. The number of carbonyl (C=O) groups is 1. The first-order valence-corrected chi connectivity index (χ1v) is 9.17. The topological polar surface area (TPSA) is 72.7 Å². The molecule has 0 aliphatic heterocycles. The van der Waals surface area contributed by atoms with Gasteiger partial charge in [0.25, 0.3) is 0 Å². The number of rotatable bonds is 7. The van der Waals surface area contributed by atoms with Crippen LogP contribution in [0.25, 0.3) is 5.69 Å². The molecule has 2 aromatic carbocycles. The Balaban J connectivity index is 1.53. The third kappa shape index (κ3) is 4.80. The van der Waals surface area contributed by atoms with Crippen molar-refractivity contribution in [1.82, 2.24) is 25.5 Å². The molecule has 0 radical (unpaired) electrons. The Kier molecular flexibility index (Phi) is 6.19. The van der Waals surface area contributed by atoms with E-state index >= 15 is 0 Å². The van der Waals surface area contributed by atoms with E-state index in [4.69, 9.17) is 11.6 Å². The molecule has 0 aliphatic carbocycles. The van der Waals surface area contributed by atoms with Crippen LogP contribution in [0.15, 0.2) is 53.7 Å². The van der Waals surface area contributed by atoms with Crippen LogP contribution in [0.2, 0.25) is 5.02 Å². The van der Waals surface area contributed by atoms with Crippen LogP contribution in [-0.4, -0.2) is 38.4 Å². The molecule has 0 fully saturated rings. The van der Waals surface area contributed by atoms with Gasteiger partial charge in [-0.15, -0.1) is 5.10 Å². The number of benzene rings is 2. The highest BCUT2D eigenvalue weighted by molar-refractivity contribution is 7.99.